The standard InChI is InChI=1S/C37H39ClF2N8O2/c1-20-27-11-7-21-16-32(47(34(21)43-27)15-5-3-4-6-28-23(37(50)46(20)2)10-12-33(38)42-28)35-44-29-17-24(26(40)18-31(29)48(35)22-8-9-22)36(49)45-30-19-41-14-13-25(30)39/h7,10-12,16-18,20,22,25,30,41H,3-6,8-9,13-15,19H2,1-2H3,(H,45,49)/t20-,25+,30+/m1/s1. The van der Waals surface area contributed by atoms with Gasteiger partial charge in [0.2, 0.25) is 0 Å². The fourth-order valence-corrected chi connectivity index (χ4v) is 7.50. The molecular formula is C37H39ClF2N8O2. The van der Waals surface area contributed by atoms with Crippen molar-refractivity contribution in [3.63, 3.8) is 0 Å². The molecule has 0 unspecified atom stereocenters. The number of carbonyl (C=O) groups excluding carboxylic acids is 2. The molecule has 2 N–H and O–H groups in total. The number of rotatable bonds is 4. The maximum absolute atomic E-state index is 15.7. The maximum atomic E-state index is 15.7. The smallest absolute Gasteiger partial charge is 0.256 e. The van der Waals surface area contributed by atoms with Crippen LogP contribution in [0.1, 0.15) is 89.6 Å². The van der Waals surface area contributed by atoms with Crippen LogP contribution < -0.4 is 10.6 Å². The Morgan fingerprint density at radius 3 is 2.68 bits per heavy atom. The molecule has 4 aromatic heterocycles. The summed E-state index contributed by atoms with van der Waals surface area (Å²) in [7, 11) is 1.78. The second-order valence-corrected chi connectivity index (χ2v) is 14.2. The van der Waals surface area contributed by atoms with Gasteiger partial charge < -0.3 is 24.7 Å². The Morgan fingerprint density at radius 1 is 1.04 bits per heavy atom. The van der Waals surface area contributed by atoms with E-state index in [1.807, 2.05) is 19.1 Å². The third-order valence-corrected chi connectivity index (χ3v) is 10.6. The number of halogens is 3. The Morgan fingerprint density at radius 2 is 1.88 bits per heavy atom. The molecule has 6 heterocycles. The van der Waals surface area contributed by atoms with Crippen molar-refractivity contribution in [3.05, 3.63) is 75.9 Å². The van der Waals surface area contributed by atoms with Crippen molar-refractivity contribution in [2.24, 2.45) is 0 Å². The van der Waals surface area contributed by atoms with Crippen LogP contribution in [0.5, 0.6) is 0 Å². The van der Waals surface area contributed by atoms with Crippen molar-refractivity contribution in [1.82, 2.24) is 39.6 Å². The summed E-state index contributed by atoms with van der Waals surface area (Å²) in [5.74, 6) is -0.764. The lowest BCUT2D eigenvalue weighted by Gasteiger charge is -2.27. The number of aromatic nitrogens is 5. The van der Waals surface area contributed by atoms with Gasteiger partial charge in [0, 0.05) is 37.6 Å². The number of aryl methyl sites for hydroxylation is 2. The zero-order valence-electron chi connectivity index (χ0n) is 28.1. The van der Waals surface area contributed by atoms with E-state index in [2.05, 4.69) is 30.8 Å². The van der Waals surface area contributed by atoms with Gasteiger partial charge >= 0.3 is 0 Å². The zero-order valence-corrected chi connectivity index (χ0v) is 28.8. The second kappa shape index (κ2) is 13.0. The van der Waals surface area contributed by atoms with Crippen molar-refractivity contribution in [2.75, 3.05) is 20.1 Å². The first kappa shape index (κ1) is 32.8. The van der Waals surface area contributed by atoms with Crippen LogP contribution in [0, 0.1) is 5.82 Å². The lowest BCUT2D eigenvalue weighted by atomic mass is 10.0. The third-order valence-electron chi connectivity index (χ3n) is 10.4. The Kier molecular flexibility index (Phi) is 8.54. The first-order chi connectivity index (χ1) is 24.2. The summed E-state index contributed by atoms with van der Waals surface area (Å²) in [5, 5.41) is 7.06. The topological polar surface area (TPSA) is 110 Å². The molecule has 260 valence electrons. The van der Waals surface area contributed by atoms with Crippen LogP contribution in [0.25, 0.3) is 33.6 Å². The molecule has 1 saturated heterocycles. The second-order valence-electron chi connectivity index (χ2n) is 13.8. The minimum Gasteiger partial charge on any atom is -0.345 e. The average Bonchev–Trinajstić information content (AvgIpc) is 3.79. The van der Waals surface area contributed by atoms with Gasteiger partial charge in [0.15, 0.2) is 5.82 Å². The monoisotopic (exact) mass is 700 g/mol. The normalized spacial score (nSPS) is 21.8. The van der Waals surface area contributed by atoms with E-state index < -0.39 is 23.9 Å². The number of hydrogen-bond acceptors (Lipinski definition) is 6. The molecule has 5 aromatic rings. The molecule has 3 aliphatic rings. The van der Waals surface area contributed by atoms with Gasteiger partial charge in [-0.1, -0.05) is 18.0 Å². The van der Waals surface area contributed by atoms with Gasteiger partial charge in [-0.15, -0.1) is 0 Å². The minimum absolute atomic E-state index is 0.134. The van der Waals surface area contributed by atoms with Crippen LogP contribution in [0.3, 0.4) is 0 Å². The Labute approximate surface area is 293 Å². The molecule has 2 bridgehead atoms. The van der Waals surface area contributed by atoms with E-state index in [-0.39, 0.29) is 23.6 Å². The molecule has 3 atom stereocenters. The van der Waals surface area contributed by atoms with Crippen LogP contribution in [-0.4, -0.2) is 73.2 Å². The van der Waals surface area contributed by atoms with E-state index in [0.29, 0.717) is 65.7 Å². The van der Waals surface area contributed by atoms with Crippen LogP contribution in [0.2, 0.25) is 5.15 Å². The number of benzene rings is 1. The molecule has 13 heteroatoms. The van der Waals surface area contributed by atoms with E-state index in [1.54, 1.807) is 24.1 Å². The lowest BCUT2D eigenvalue weighted by Crippen LogP contribution is -2.52. The minimum atomic E-state index is -1.19. The van der Waals surface area contributed by atoms with Crippen molar-refractivity contribution < 1.29 is 18.4 Å². The number of nitrogens with one attached hydrogen (secondary N) is 2. The number of imidazole rings is 1. The molecule has 0 spiro atoms. The summed E-state index contributed by atoms with van der Waals surface area (Å²) in [6, 6.07) is 11.5. The molecule has 2 fully saturated rings. The number of nitrogens with zero attached hydrogens (tertiary/aromatic N) is 6. The van der Waals surface area contributed by atoms with Gasteiger partial charge in [-0.3, -0.25) is 9.59 Å². The van der Waals surface area contributed by atoms with E-state index in [0.717, 1.165) is 54.5 Å². The first-order valence-corrected chi connectivity index (χ1v) is 17.9. The number of alkyl halides is 1. The number of pyridine rings is 2. The molecule has 8 rings (SSSR count). The fraction of sp³-hybridized carbons (Fsp3) is 0.432. The van der Waals surface area contributed by atoms with Gasteiger partial charge in [0.1, 0.15) is 22.8 Å². The number of fused-ring (bicyclic) bond motifs is 3. The average molecular weight is 701 g/mol. The number of carbonyl (C=O) groups is 2. The first-order valence-electron chi connectivity index (χ1n) is 17.5. The van der Waals surface area contributed by atoms with Crippen molar-refractivity contribution >= 4 is 45.5 Å². The Bertz CT molecular complexity index is 2140. The number of hydrogen-bond donors (Lipinski definition) is 2. The van der Waals surface area contributed by atoms with Gasteiger partial charge in [0.25, 0.3) is 11.8 Å². The summed E-state index contributed by atoms with van der Waals surface area (Å²) in [6.07, 6.45) is 4.15. The fourth-order valence-electron chi connectivity index (χ4n) is 7.34. The highest BCUT2D eigenvalue weighted by atomic mass is 35.5. The zero-order chi connectivity index (χ0) is 34.7. The predicted octanol–water partition coefficient (Wildman–Crippen LogP) is 6.56. The molecule has 1 aliphatic carbocycles. The maximum Gasteiger partial charge on any atom is 0.256 e. The van der Waals surface area contributed by atoms with Crippen LogP contribution >= 0.6 is 11.6 Å². The van der Waals surface area contributed by atoms with Crippen molar-refractivity contribution in [3.8, 4) is 11.5 Å². The van der Waals surface area contributed by atoms with Gasteiger partial charge in [-0.2, -0.15) is 0 Å². The molecule has 2 amide bonds. The molecular weight excluding hydrogens is 662 g/mol. The van der Waals surface area contributed by atoms with Gasteiger partial charge in [0.05, 0.1) is 51.3 Å². The molecule has 0 radical (unpaired) electrons. The molecule has 1 saturated carbocycles. The number of amides is 2. The summed E-state index contributed by atoms with van der Waals surface area (Å²) in [5.41, 5.74) is 4.62. The Hall–Kier alpha value is -4.42. The molecule has 10 nitrogen and oxygen atoms in total. The Balaban J connectivity index is 1.20. The van der Waals surface area contributed by atoms with Crippen molar-refractivity contribution in [1.29, 1.82) is 0 Å². The van der Waals surface area contributed by atoms with Gasteiger partial charge in [-0.25, -0.2) is 23.7 Å². The van der Waals surface area contributed by atoms with E-state index in [4.69, 9.17) is 21.6 Å². The molecule has 50 heavy (non-hydrogen) atoms. The summed E-state index contributed by atoms with van der Waals surface area (Å²) >= 11 is 6.25. The molecule has 2 aliphatic heterocycles. The van der Waals surface area contributed by atoms with Crippen LogP contribution in [-0.2, 0) is 13.0 Å². The quantitative estimate of drug-likeness (QED) is 0.206. The van der Waals surface area contributed by atoms with E-state index >= 15 is 4.39 Å². The highest BCUT2D eigenvalue weighted by Crippen LogP contribution is 2.43. The highest BCUT2D eigenvalue weighted by molar-refractivity contribution is 6.29. The summed E-state index contributed by atoms with van der Waals surface area (Å²) < 4.78 is 34.5. The lowest BCUT2D eigenvalue weighted by molar-refractivity contribution is 0.0738. The molecule has 1 aromatic carbocycles. The van der Waals surface area contributed by atoms with E-state index in [9.17, 15) is 14.0 Å². The SMILES string of the molecule is C[C@@H]1c2ccc3cc(-c4nc5cc(C(=O)N[C@H]6CNCC[C@@H]6F)c(F)cc5n4C4CC4)n(c3n2)CCCCCc2nc(Cl)ccc2C(=O)N1C. The highest BCUT2D eigenvalue weighted by Gasteiger charge is 2.33. The van der Waals surface area contributed by atoms with Crippen molar-refractivity contribution in [2.45, 2.75) is 82.7 Å². The third kappa shape index (κ3) is 5.91. The van der Waals surface area contributed by atoms with Gasteiger partial charge in [-0.05, 0) is 88.4 Å². The largest absolute Gasteiger partial charge is 0.345 e. The summed E-state index contributed by atoms with van der Waals surface area (Å²) in [6.45, 7) is 3.47. The van der Waals surface area contributed by atoms with E-state index in [1.165, 1.54) is 12.1 Å². The van der Waals surface area contributed by atoms with Crippen LogP contribution in [0.15, 0.2) is 42.5 Å². The number of piperidine rings is 1. The predicted molar refractivity (Wildman–Crippen MR) is 188 cm³/mol. The summed E-state index contributed by atoms with van der Waals surface area (Å²) in [4.78, 5) is 43.3. The van der Waals surface area contributed by atoms with Crippen LogP contribution in [0.4, 0.5) is 8.78 Å².